The minimum atomic E-state index is -2.11. The minimum Gasteiger partial charge on any atom is -0.464 e. The largest absolute Gasteiger partial charge is 0.464 e. The third-order valence-electron chi connectivity index (χ3n) is 11.2. The highest BCUT2D eigenvalue weighted by Gasteiger charge is 2.80. The van der Waals surface area contributed by atoms with Crippen LogP contribution in [-0.2, 0) is 42.9 Å². The molecule has 1 unspecified atom stereocenters. The van der Waals surface area contributed by atoms with Crippen LogP contribution in [0.1, 0.15) is 79.6 Å². The highest BCUT2D eigenvalue weighted by molar-refractivity contribution is 6.17. The van der Waals surface area contributed by atoms with E-state index in [-0.39, 0.29) is 25.2 Å². The number of allylic oxidation sites excluding steroid dienone is 4. The number of nitrogens with one attached hydrogen (secondary N) is 1. The molecule has 11 nitrogen and oxygen atoms in total. The Balaban J connectivity index is 1.36. The molecule has 260 valence electrons. The van der Waals surface area contributed by atoms with Crippen LogP contribution in [0.3, 0.4) is 0 Å². The number of ketones is 2. The van der Waals surface area contributed by atoms with Crippen molar-refractivity contribution in [3.05, 3.63) is 23.8 Å². The van der Waals surface area contributed by atoms with Crippen molar-refractivity contribution < 1.29 is 52.4 Å². The second-order valence-corrected chi connectivity index (χ2v) is 14.8. The van der Waals surface area contributed by atoms with Gasteiger partial charge < -0.3 is 29.4 Å². The molecule has 1 aliphatic heterocycles. The number of fused-ring (bicyclic) bond motifs is 7. The highest BCUT2D eigenvalue weighted by atomic mass is 35.5. The number of aliphatic hydroxyl groups excluding tert-OH is 1. The number of unbranched alkanes of at least 4 members (excludes halogenated alkanes) is 1. The van der Waals surface area contributed by atoms with Gasteiger partial charge in [-0.05, 0) is 77.4 Å². The van der Waals surface area contributed by atoms with Crippen molar-refractivity contribution in [2.24, 2.45) is 22.7 Å². The number of aliphatic hydroxyl groups is 1. The van der Waals surface area contributed by atoms with E-state index >= 15 is 4.39 Å². The number of Topliss-reactive ketones (excluding diaryl/α,β-unsaturated/α-hetero) is 1. The zero-order chi connectivity index (χ0) is 34.6. The topological polar surface area (TPSA) is 155 Å². The molecule has 0 aromatic carbocycles. The molecule has 47 heavy (non-hydrogen) atoms. The van der Waals surface area contributed by atoms with Gasteiger partial charge in [-0.25, -0.2) is 9.18 Å². The average molecular weight is 682 g/mol. The third kappa shape index (κ3) is 5.76. The fourth-order valence-electron chi connectivity index (χ4n) is 9.20. The Hall–Kier alpha value is -2.67. The van der Waals surface area contributed by atoms with Crippen LogP contribution in [0.5, 0.6) is 0 Å². The lowest BCUT2D eigenvalue weighted by molar-refractivity contribution is -0.246. The second-order valence-electron chi connectivity index (χ2n) is 14.4. The van der Waals surface area contributed by atoms with Crippen LogP contribution in [-0.4, -0.2) is 88.9 Å². The number of amides is 1. The summed E-state index contributed by atoms with van der Waals surface area (Å²) in [5.74, 6) is -5.05. The molecular formula is C34H45ClFNO10. The highest BCUT2D eigenvalue weighted by Crippen LogP contribution is 2.72. The lowest BCUT2D eigenvalue weighted by Crippen LogP contribution is -2.70. The number of rotatable bonds is 11. The monoisotopic (exact) mass is 681 g/mol. The summed E-state index contributed by atoms with van der Waals surface area (Å²) in [5, 5.41) is 14.1. The maximum absolute atomic E-state index is 17.6. The molecule has 0 radical (unpaired) electrons. The van der Waals surface area contributed by atoms with Gasteiger partial charge in [-0.1, -0.05) is 18.6 Å². The van der Waals surface area contributed by atoms with E-state index in [0.29, 0.717) is 37.1 Å². The molecule has 1 amide bonds. The lowest BCUT2D eigenvalue weighted by Gasteiger charge is -2.62. The van der Waals surface area contributed by atoms with Crippen molar-refractivity contribution in [3.63, 3.8) is 0 Å². The lowest BCUT2D eigenvalue weighted by atomic mass is 9.44. The average Bonchev–Trinajstić information content (AvgIpc) is 3.40. The zero-order valence-electron chi connectivity index (χ0n) is 27.6. The van der Waals surface area contributed by atoms with Crippen LogP contribution in [0.4, 0.5) is 4.39 Å². The molecule has 13 heteroatoms. The van der Waals surface area contributed by atoms with Gasteiger partial charge in [0.1, 0.15) is 6.04 Å². The fraction of sp³-hybridized carbons (Fsp3) is 0.735. The molecule has 1 saturated heterocycles. The Morgan fingerprint density at radius 1 is 1.15 bits per heavy atom. The predicted octanol–water partition coefficient (Wildman–Crippen LogP) is 3.43. The van der Waals surface area contributed by atoms with Crippen molar-refractivity contribution in [2.75, 3.05) is 19.1 Å². The SMILES string of the molecule is CC(=O)NC(CC(=O)OCC(=O)[C@@]12OC(C)(C)O[C@@H]1C[C@H]1[C@@H]3CCC4=CC(=O)C=C[C@]4(C)[C@@]3(F)[C@@H](O)C[C@@]12C)C(=O)OCCCCCl. The van der Waals surface area contributed by atoms with Crippen LogP contribution in [0, 0.1) is 22.7 Å². The number of hydrogen-bond acceptors (Lipinski definition) is 10. The molecule has 0 aromatic rings. The van der Waals surface area contributed by atoms with Crippen LogP contribution in [0.25, 0.3) is 0 Å². The van der Waals surface area contributed by atoms with Gasteiger partial charge in [-0.15, -0.1) is 11.6 Å². The summed E-state index contributed by atoms with van der Waals surface area (Å²) in [6.07, 6.45) is 3.59. The maximum atomic E-state index is 17.6. The van der Waals surface area contributed by atoms with Gasteiger partial charge >= 0.3 is 11.9 Å². The van der Waals surface area contributed by atoms with E-state index in [4.69, 9.17) is 30.5 Å². The van der Waals surface area contributed by atoms with Gasteiger partial charge in [0.2, 0.25) is 11.7 Å². The van der Waals surface area contributed by atoms with Gasteiger partial charge in [0.15, 0.2) is 29.4 Å². The smallest absolute Gasteiger partial charge is 0.329 e. The Labute approximate surface area is 278 Å². The first-order chi connectivity index (χ1) is 21.9. The number of carbonyl (C=O) groups is 5. The fourth-order valence-corrected chi connectivity index (χ4v) is 9.39. The summed E-state index contributed by atoms with van der Waals surface area (Å²) < 4.78 is 40.9. The number of carbonyl (C=O) groups excluding carboxylic acids is 5. The molecule has 9 atom stereocenters. The minimum absolute atomic E-state index is 0.0597. The van der Waals surface area contributed by atoms with E-state index < -0.39 is 94.6 Å². The molecule has 0 spiro atoms. The third-order valence-corrected chi connectivity index (χ3v) is 11.5. The molecule has 2 N–H and O–H groups in total. The van der Waals surface area contributed by atoms with Crippen LogP contribution in [0.15, 0.2) is 23.8 Å². The summed E-state index contributed by atoms with van der Waals surface area (Å²) in [5.41, 5.74) is -5.44. The molecule has 1 heterocycles. The van der Waals surface area contributed by atoms with Gasteiger partial charge in [-0.2, -0.15) is 0 Å². The van der Waals surface area contributed by atoms with Gasteiger partial charge in [0.05, 0.1) is 25.2 Å². The number of ether oxygens (including phenoxy) is 4. The van der Waals surface area contributed by atoms with Crippen molar-refractivity contribution >= 4 is 41.0 Å². The molecule has 5 rings (SSSR count). The molecule has 4 aliphatic carbocycles. The van der Waals surface area contributed by atoms with Crippen LogP contribution in [0.2, 0.25) is 0 Å². The van der Waals surface area contributed by atoms with Crippen molar-refractivity contribution in [1.82, 2.24) is 5.32 Å². The molecule has 0 bridgehead atoms. The summed E-state index contributed by atoms with van der Waals surface area (Å²) in [6.45, 7) is 7.39. The van der Waals surface area contributed by atoms with Crippen LogP contribution < -0.4 is 5.32 Å². The predicted molar refractivity (Wildman–Crippen MR) is 166 cm³/mol. The van der Waals surface area contributed by atoms with E-state index in [9.17, 15) is 29.1 Å². The summed E-state index contributed by atoms with van der Waals surface area (Å²) in [4.78, 5) is 63.7. The molecule has 3 saturated carbocycles. The number of hydrogen-bond donors (Lipinski definition) is 2. The quantitative estimate of drug-likeness (QED) is 0.188. The summed E-state index contributed by atoms with van der Waals surface area (Å²) >= 11 is 5.65. The number of halogens is 2. The van der Waals surface area contributed by atoms with Gasteiger partial charge in [0, 0.05) is 29.6 Å². The van der Waals surface area contributed by atoms with E-state index in [1.807, 2.05) is 6.92 Å². The van der Waals surface area contributed by atoms with E-state index in [0.717, 1.165) is 0 Å². The first-order valence-corrected chi connectivity index (χ1v) is 16.9. The Bertz CT molecular complexity index is 1400. The number of alkyl halides is 2. The summed E-state index contributed by atoms with van der Waals surface area (Å²) in [7, 11) is 0. The van der Waals surface area contributed by atoms with Gasteiger partial charge in [-0.3, -0.25) is 19.2 Å². The van der Waals surface area contributed by atoms with Crippen molar-refractivity contribution in [1.29, 1.82) is 0 Å². The Kier molecular flexibility index (Phi) is 9.59. The standard InChI is InChI=1S/C34H45ClFNO10/c1-19(38)37-24(29(43)44-13-7-6-12-35)16-28(42)45-18-26(41)34-27(46-30(2,3)47-34)15-23-22-9-8-20-14-21(39)10-11-31(20,4)33(22,36)25(40)17-32(23,34)5/h10-11,14,22-25,27,40H,6-9,12-13,15-18H2,1-5H3,(H,37,38)/t22-,23-,24?,25-,27+,31-,32-,33-,34+/m0/s1. The first kappa shape index (κ1) is 35.6. The maximum Gasteiger partial charge on any atom is 0.329 e. The first-order valence-electron chi connectivity index (χ1n) is 16.3. The Morgan fingerprint density at radius 3 is 2.55 bits per heavy atom. The molecule has 5 aliphatic rings. The Morgan fingerprint density at radius 2 is 1.87 bits per heavy atom. The van der Waals surface area contributed by atoms with Crippen LogP contribution >= 0.6 is 11.6 Å². The molecule has 4 fully saturated rings. The van der Waals surface area contributed by atoms with Crippen molar-refractivity contribution in [3.8, 4) is 0 Å². The van der Waals surface area contributed by atoms with Gasteiger partial charge in [0.25, 0.3) is 0 Å². The molecule has 0 aromatic heterocycles. The van der Waals surface area contributed by atoms with Crippen molar-refractivity contribution in [2.45, 2.75) is 115 Å². The molecular weight excluding hydrogens is 637 g/mol. The van der Waals surface area contributed by atoms with E-state index in [1.165, 1.54) is 19.1 Å². The zero-order valence-corrected chi connectivity index (χ0v) is 28.3. The summed E-state index contributed by atoms with van der Waals surface area (Å²) in [6, 6.07) is -1.32. The second kappa shape index (κ2) is 12.7. The van der Waals surface area contributed by atoms with E-state index in [2.05, 4.69) is 5.32 Å². The normalized spacial score (nSPS) is 38.6. The van der Waals surface area contributed by atoms with E-state index in [1.54, 1.807) is 26.8 Å². The number of esters is 2.